The summed E-state index contributed by atoms with van der Waals surface area (Å²) in [6.45, 7) is 3.17. The Morgan fingerprint density at radius 2 is 2.27 bits per heavy atom. The van der Waals surface area contributed by atoms with Crippen LogP contribution in [-0.2, 0) is 9.53 Å². The number of rotatable bonds is 7. The smallest absolute Gasteiger partial charge is 0.305 e. The molecule has 1 aliphatic heterocycles. The van der Waals surface area contributed by atoms with Crippen LogP contribution in [-0.4, -0.2) is 62.4 Å². The molecule has 2 aromatic rings. The molecule has 1 aromatic carbocycles. The van der Waals surface area contributed by atoms with Crippen LogP contribution in [0.4, 0.5) is 0 Å². The lowest BCUT2D eigenvalue weighted by molar-refractivity contribution is -0.137. The first-order valence-electron chi connectivity index (χ1n) is 8.63. The summed E-state index contributed by atoms with van der Waals surface area (Å²) in [6.07, 6.45) is 4.80. The molecule has 8 heteroatoms. The average molecular weight is 358 g/mol. The molecule has 0 saturated carbocycles. The van der Waals surface area contributed by atoms with E-state index in [1.165, 1.54) is 6.33 Å². The fourth-order valence-corrected chi connectivity index (χ4v) is 3.10. The molecule has 1 saturated heterocycles. The first-order chi connectivity index (χ1) is 12.5. The second kappa shape index (κ2) is 8.09. The summed E-state index contributed by atoms with van der Waals surface area (Å²) < 4.78 is 7.25. The molecule has 1 aromatic heterocycles. The van der Waals surface area contributed by atoms with Crippen LogP contribution in [0.2, 0.25) is 0 Å². The van der Waals surface area contributed by atoms with E-state index in [4.69, 9.17) is 9.84 Å². The molecule has 2 heterocycles. The monoisotopic (exact) mass is 358 g/mol. The van der Waals surface area contributed by atoms with Crippen molar-refractivity contribution in [2.45, 2.75) is 32.3 Å². The minimum absolute atomic E-state index is 0.0248. The second-order valence-corrected chi connectivity index (χ2v) is 6.37. The van der Waals surface area contributed by atoms with E-state index in [2.05, 4.69) is 10.1 Å². The summed E-state index contributed by atoms with van der Waals surface area (Å²) in [4.78, 5) is 29.4. The number of aliphatic carboxylic acids is 1. The molecule has 3 rings (SSSR count). The predicted molar refractivity (Wildman–Crippen MR) is 93.2 cm³/mol. The molecular weight excluding hydrogens is 336 g/mol. The van der Waals surface area contributed by atoms with Gasteiger partial charge in [-0.3, -0.25) is 9.59 Å². The molecule has 1 aliphatic rings. The molecule has 1 fully saturated rings. The Morgan fingerprint density at radius 1 is 1.42 bits per heavy atom. The van der Waals surface area contributed by atoms with Gasteiger partial charge in [-0.25, -0.2) is 9.67 Å². The Kier molecular flexibility index (Phi) is 5.62. The van der Waals surface area contributed by atoms with Crippen molar-refractivity contribution in [1.82, 2.24) is 19.7 Å². The van der Waals surface area contributed by atoms with Crippen molar-refractivity contribution >= 4 is 11.9 Å². The number of carboxylic acids is 1. The van der Waals surface area contributed by atoms with Crippen molar-refractivity contribution in [2.24, 2.45) is 0 Å². The summed E-state index contributed by atoms with van der Waals surface area (Å²) >= 11 is 0. The molecule has 0 aliphatic carbocycles. The number of carboxylic acid groups (broad SMARTS) is 1. The van der Waals surface area contributed by atoms with Gasteiger partial charge in [0.15, 0.2) is 0 Å². The number of carbonyl (C=O) groups is 2. The predicted octanol–water partition coefficient (Wildman–Crippen LogP) is 1.67. The molecule has 8 nitrogen and oxygen atoms in total. The first-order valence-corrected chi connectivity index (χ1v) is 8.63. The normalized spacial score (nSPS) is 16.6. The number of ether oxygens (including phenoxy) is 1. The van der Waals surface area contributed by atoms with Crippen LogP contribution in [0.3, 0.4) is 0 Å². The van der Waals surface area contributed by atoms with Gasteiger partial charge in [-0.15, -0.1) is 0 Å². The Bertz CT molecular complexity index is 770. The zero-order chi connectivity index (χ0) is 18.5. The molecule has 138 valence electrons. The standard InChI is InChI=1S/C18H22N4O4/c1-13-9-14(4-5-16(13)22-12-19-11-20-22)18(25)21(7-6-17(23)24)10-15-3-2-8-26-15/h4-5,9,11-12,15H,2-3,6-8,10H2,1H3,(H,23,24). The van der Waals surface area contributed by atoms with Crippen molar-refractivity contribution in [3.8, 4) is 5.69 Å². The lowest BCUT2D eigenvalue weighted by atomic mass is 10.1. The van der Waals surface area contributed by atoms with E-state index in [0.717, 1.165) is 24.1 Å². The van der Waals surface area contributed by atoms with Crippen molar-refractivity contribution in [1.29, 1.82) is 0 Å². The maximum absolute atomic E-state index is 12.9. The Hall–Kier alpha value is -2.74. The Labute approximate surface area is 151 Å². The number of nitrogens with zero attached hydrogens (tertiary/aromatic N) is 4. The van der Waals surface area contributed by atoms with Gasteiger partial charge in [-0.2, -0.15) is 5.10 Å². The fourth-order valence-electron chi connectivity index (χ4n) is 3.10. The zero-order valence-electron chi connectivity index (χ0n) is 14.7. The zero-order valence-corrected chi connectivity index (χ0v) is 14.7. The van der Waals surface area contributed by atoms with Gasteiger partial charge >= 0.3 is 5.97 Å². The van der Waals surface area contributed by atoms with E-state index in [9.17, 15) is 9.59 Å². The van der Waals surface area contributed by atoms with Crippen LogP contribution in [0.5, 0.6) is 0 Å². The van der Waals surface area contributed by atoms with E-state index >= 15 is 0 Å². The van der Waals surface area contributed by atoms with E-state index in [-0.39, 0.29) is 25.0 Å². The van der Waals surface area contributed by atoms with Gasteiger partial charge in [0.1, 0.15) is 12.7 Å². The number of amides is 1. The van der Waals surface area contributed by atoms with Crippen LogP contribution >= 0.6 is 0 Å². The van der Waals surface area contributed by atoms with Gasteiger partial charge in [0.25, 0.3) is 5.91 Å². The van der Waals surface area contributed by atoms with Gasteiger partial charge in [-0.1, -0.05) is 0 Å². The van der Waals surface area contributed by atoms with E-state index in [1.807, 2.05) is 13.0 Å². The number of hydrogen-bond acceptors (Lipinski definition) is 5. The summed E-state index contributed by atoms with van der Waals surface area (Å²) in [7, 11) is 0. The van der Waals surface area contributed by atoms with Crippen LogP contribution in [0.15, 0.2) is 30.9 Å². The van der Waals surface area contributed by atoms with Crippen molar-refractivity contribution in [3.63, 3.8) is 0 Å². The third-order valence-corrected chi connectivity index (χ3v) is 4.44. The molecule has 1 N–H and O–H groups in total. The average Bonchev–Trinajstić information content (AvgIpc) is 3.31. The van der Waals surface area contributed by atoms with Gasteiger partial charge in [0.05, 0.1) is 18.2 Å². The maximum Gasteiger partial charge on any atom is 0.305 e. The number of hydrogen-bond donors (Lipinski definition) is 1. The maximum atomic E-state index is 12.9. The number of aryl methyl sites for hydroxylation is 1. The lowest BCUT2D eigenvalue weighted by Crippen LogP contribution is -2.38. The van der Waals surface area contributed by atoms with Gasteiger partial charge in [0.2, 0.25) is 0 Å². The third-order valence-electron chi connectivity index (χ3n) is 4.44. The highest BCUT2D eigenvalue weighted by Crippen LogP contribution is 2.19. The summed E-state index contributed by atoms with van der Waals surface area (Å²) in [5.41, 5.74) is 2.25. The number of carbonyl (C=O) groups excluding carboxylic acids is 1. The van der Waals surface area contributed by atoms with Crippen LogP contribution in [0.1, 0.15) is 35.2 Å². The molecule has 26 heavy (non-hydrogen) atoms. The highest BCUT2D eigenvalue weighted by molar-refractivity contribution is 5.95. The highest BCUT2D eigenvalue weighted by Gasteiger charge is 2.24. The quantitative estimate of drug-likeness (QED) is 0.809. The van der Waals surface area contributed by atoms with Crippen molar-refractivity contribution in [2.75, 3.05) is 19.7 Å². The summed E-state index contributed by atoms with van der Waals surface area (Å²) in [5, 5.41) is 13.1. The molecule has 0 spiro atoms. The van der Waals surface area contributed by atoms with Crippen molar-refractivity contribution in [3.05, 3.63) is 42.0 Å². The van der Waals surface area contributed by atoms with Crippen LogP contribution in [0.25, 0.3) is 5.69 Å². The van der Waals surface area contributed by atoms with Crippen molar-refractivity contribution < 1.29 is 19.4 Å². The molecule has 0 bridgehead atoms. The third kappa shape index (κ3) is 4.26. The Balaban J connectivity index is 1.78. The minimum atomic E-state index is -0.923. The van der Waals surface area contributed by atoms with Gasteiger partial charge in [0, 0.05) is 25.3 Å². The van der Waals surface area contributed by atoms with E-state index in [0.29, 0.717) is 18.7 Å². The molecular formula is C18H22N4O4. The van der Waals surface area contributed by atoms with Gasteiger partial charge in [-0.05, 0) is 43.5 Å². The molecule has 0 radical (unpaired) electrons. The fraction of sp³-hybridized carbons (Fsp3) is 0.444. The summed E-state index contributed by atoms with van der Waals surface area (Å²) in [5.74, 6) is -1.11. The van der Waals surface area contributed by atoms with E-state index in [1.54, 1.807) is 28.0 Å². The van der Waals surface area contributed by atoms with Crippen LogP contribution in [0, 0.1) is 6.92 Å². The summed E-state index contributed by atoms with van der Waals surface area (Å²) in [6, 6.07) is 5.34. The van der Waals surface area contributed by atoms with Crippen LogP contribution < -0.4 is 0 Å². The molecule has 1 atom stereocenters. The largest absolute Gasteiger partial charge is 0.481 e. The second-order valence-electron chi connectivity index (χ2n) is 6.37. The first kappa shape index (κ1) is 18.1. The SMILES string of the molecule is Cc1cc(C(=O)N(CCC(=O)O)CC2CCCO2)ccc1-n1cncn1. The minimum Gasteiger partial charge on any atom is -0.481 e. The number of aromatic nitrogens is 3. The lowest BCUT2D eigenvalue weighted by Gasteiger charge is -2.25. The number of benzene rings is 1. The van der Waals surface area contributed by atoms with Gasteiger partial charge < -0.3 is 14.7 Å². The molecule has 1 amide bonds. The topological polar surface area (TPSA) is 97.6 Å². The Morgan fingerprint density at radius 3 is 2.88 bits per heavy atom. The molecule has 1 unspecified atom stereocenters. The highest BCUT2D eigenvalue weighted by atomic mass is 16.5. The van der Waals surface area contributed by atoms with E-state index < -0.39 is 5.97 Å².